The third kappa shape index (κ3) is 4.37. The third-order valence-corrected chi connectivity index (χ3v) is 4.38. The molecule has 0 atom stereocenters. The Morgan fingerprint density at radius 2 is 2.00 bits per heavy atom. The molecule has 19 heavy (non-hydrogen) atoms. The zero-order valence-corrected chi connectivity index (χ0v) is 12.4. The van der Waals surface area contributed by atoms with Crippen molar-refractivity contribution in [3.63, 3.8) is 0 Å². The molecule has 2 N–H and O–H groups in total. The third-order valence-electron chi connectivity index (χ3n) is 2.29. The summed E-state index contributed by atoms with van der Waals surface area (Å²) in [6.07, 6.45) is 0.245. The van der Waals surface area contributed by atoms with E-state index < -0.39 is 27.5 Å². The summed E-state index contributed by atoms with van der Waals surface area (Å²) in [5, 5.41) is 8.62. The van der Waals surface area contributed by atoms with Gasteiger partial charge in [-0.1, -0.05) is 0 Å². The monoisotopic (exact) mass is 358 g/mol. The molecule has 0 aromatic heterocycles. The molecule has 0 amide bonds. The average molecular weight is 359 g/mol. The quantitative estimate of drug-likeness (QED) is 0.760. The Balaban J connectivity index is 2.92. The Morgan fingerprint density at radius 1 is 1.37 bits per heavy atom. The van der Waals surface area contributed by atoms with E-state index in [1.807, 2.05) is 4.72 Å². The smallest absolute Gasteiger partial charge is 0.301 e. The highest BCUT2D eigenvalue weighted by Crippen LogP contribution is 2.24. The van der Waals surface area contributed by atoms with E-state index in [-0.39, 0.29) is 24.0 Å². The molecule has 0 radical (unpaired) electrons. The van der Waals surface area contributed by atoms with Crippen LogP contribution < -0.4 is 4.72 Å². The maximum absolute atomic E-state index is 13.5. The Labute approximate surface area is 118 Å². The van der Waals surface area contributed by atoms with Crippen molar-refractivity contribution < 1.29 is 22.3 Å². The zero-order valence-electron chi connectivity index (χ0n) is 10.0. The van der Waals surface area contributed by atoms with Crippen LogP contribution >= 0.6 is 15.9 Å². The number of anilines is 1. The summed E-state index contributed by atoms with van der Waals surface area (Å²) in [5.74, 6) is -1.68. The van der Waals surface area contributed by atoms with Crippen LogP contribution in [-0.2, 0) is 10.2 Å². The number of hydrogen-bond acceptors (Lipinski definition) is 3. The van der Waals surface area contributed by atoms with Gasteiger partial charge in [-0.25, -0.2) is 8.78 Å². The molecule has 0 saturated heterocycles. The van der Waals surface area contributed by atoms with Crippen molar-refractivity contribution >= 4 is 31.8 Å². The van der Waals surface area contributed by atoms with Gasteiger partial charge in [0.2, 0.25) is 0 Å². The molecular formula is C10H13BrF2N2O3S. The molecule has 5 nitrogen and oxygen atoms in total. The minimum Gasteiger partial charge on any atom is -0.396 e. The van der Waals surface area contributed by atoms with Gasteiger partial charge < -0.3 is 5.11 Å². The van der Waals surface area contributed by atoms with Crippen LogP contribution in [0.15, 0.2) is 16.6 Å². The number of hydrogen-bond donors (Lipinski definition) is 2. The topological polar surface area (TPSA) is 69.6 Å². The summed E-state index contributed by atoms with van der Waals surface area (Å²) < 4.78 is 53.1. The van der Waals surface area contributed by atoms with Gasteiger partial charge in [-0.15, -0.1) is 0 Å². The van der Waals surface area contributed by atoms with Crippen molar-refractivity contribution in [2.45, 2.75) is 6.42 Å². The summed E-state index contributed by atoms with van der Waals surface area (Å²) in [6.45, 7) is -0.104. The summed E-state index contributed by atoms with van der Waals surface area (Å²) in [7, 11) is -2.72. The highest BCUT2D eigenvalue weighted by molar-refractivity contribution is 9.10. The van der Waals surface area contributed by atoms with E-state index >= 15 is 0 Å². The Kier molecular flexibility index (Phi) is 5.65. The summed E-state index contributed by atoms with van der Waals surface area (Å²) in [4.78, 5) is 0. The number of nitrogens with one attached hydrogen (secondary N) is 1. The number of rotatable bonds is 6. The van der Waals surface area contributed by atoms with Crippen molar-refractivity contribution in [1.82, 2.24) is 4.31 Å². The van der Waals surface area contributed by atoms with E-state index in [9.17, 15) is 17.2 Å². The van der Waals surface area contributed by atoms with Gasteiger partial charge in [-0.3, -0.25) is 4.72 Å². The lowest BCUT2D eigenvalue weighted by Gasteiger charge is -2.18. The van der Waals surface area contributed by atoms with E-state index in [2.05, 4.69) is 15.9 Å². The van der Waals surface area contributed by atoms with Crippen LogP contribution in [0.2, 0.25) is 0 Å². The van der Waals surface area contributed by atoms with E-state index in [1.165, 1.54) is 7.05 Å². The van der Waals surface area contributed by atoms with Crippen LogP contribution in [0.3, 0.4) is 0 Å². The largest absolute Gasteiger partial charge is 0.396 e. The highest BCUT2D eigenvalue weighted by atomic mass is 79.9. The molecule has 0 aliphatic heterocycles. The standard InChI is InChI=1S/C10H13BrF2N2O3S/c1-15(3-2-4-16)19(17,18)14-10-6-8(12)7(11)5-9(10)13/h5-6,14,16H,2-4H2,1H3. The second-order valence-electron chi connectivity index (χ2n) is 3.75. The van der Waals surface area contributed by atoms with Crippen LogP contribution in [-0.4, -0.2) is 38.0 Å². The van der Waals surface area contributed by atoms with Gasteiger partial charge in [0.05, 0.1) is 10.2 Å². The lowest BCUT2D eigenvalue weighted by Crippen LogP contribution is -2.34. The summed E-state index contributed by atoms with van der Waals surface area (Å²) in [6, 6.07) is 1.58. The van der Waals surface area contributed by atoms with Crippen LogP contribution in [0.1, 0.15) is 6.42 Å². The average Bonchev–Trinajstić information content (AvgIpc) is 2.32. The predicted molar refractivity (Wildman–Crippen MR) is 70.9 cm³/mol. The maximum atomic E-state index is 13.5. The molecule has 0 fully saturated rings. The summed E-state index contributed by atoms with van der Waals surface area (Å²) >= 11 is 2.79. The van der Waals surface area contributed by atoms with Gasteiger partial charge in [0, 0.05) is 26.3 Å². The molecule has 0 heterocycles. The fraction of sp³-hybridized carbons (Fsp3) is 0.400. The molecule has 0 saturated carbocycles. The van der Waals surface area contributed by atoms with Crippen molar-refractivity contribution in [2.24, 2.45) is 0 Å². The number of aliphatic hydroxyl groups is 1. The summed E-state index contributed by atoms with van der Waals surface area (Å²) in [5.41, 5.74) is -0.475. The van der Waals surface area contributed by atoms with Crippen molar-refractivity contribution in [2.75, 3.05) is 24.9 Å². The van der Waals surface area contributed by atoms with Crippen molar-refractivity contribution in [3.8, 4) is 0 Å². The molecule has 0 aliphatic carbocycles. The lowest BCUT2D eigenvalue weighted by atomic mass is 10.3. The van der Waals surface area contributed by atoms with Crippen LogP contribution in [0.5, 0.6) is 0 Å². The minimum absolute atomic E-state index is 0.0620. The Hall–Kier alpha value is -0.770. The van der Waals surface area contributed by atoms with Gasteiger partial charge in [-0.2, -0.15) is 12.7 Å². The van der Waals surface area contributed by atoms with E-state index in [0.29, 0.717) is 0 Å². The van der Waals surface area contributed by atoms with Crippen LogP contribution in [0, 0.1) is 11.6 Å². The second-order valence-corrected chi connectivity index (χ2v) is 6.38. The number of aliphatic hydroxyl groups excluding tert-OH is 1. The molecule has 9 heteroatoms. The van der Waals surface area contributed by atoms with Crippen molar-refractivity contribution in [3.05, 3.63) is 28.2 Å². The first kappa shape index (κ1) is 16.3. The first-order valence-corrected chi connectivity index (χ1v) is 7.50. The van der Waals surface area contributed by atoms with Gasteiger partial charge in [0.25, 0.3) is 0 Å². The molecular weight excluding hydrogens is 346 g/mol. The van der Waals surface area contributed by atoms with Crippen LogP contribution in [0.4, 0.5) is 14.5 Å². The van der Waals surface area contributed by atoms with Crippen molar-refractivity contribution in [1.29, 1.82) is 0 Å². The van der Waals surface area contributed by atoms with Gasteiger partial charge in [0.1, 0.15) is 11.6 Å². The fourth-order valence-electron chi connectivity index (χ4n) is 1.23. The first-order chi connectivity index (χ1) is 8.77. The van der Waals surface area contributed by atoms with E-state index in [4.69, 9.17) is 5.11 Å². The molecule has 0 unspecified atom stereocenters. The van der Waals surface area contributed by atoms with Crippen LogP contribution in [0.25, 0.3) is 0 Å². The predicted octanol–water partition coefficient (Wildman–Crippen LogP) is 1.70. The van der Waals surface area contributed by atoms with E-state index in [0.717, 1.165) is 16.4 Å². The number of benzene rings is 1. The normalized spacial score (nSPS) is 11.9. The minimum atomic E-state index is -3.99. The second kappa shape index (κ2) is 6.60. The van der Waals surface area contributed by atoms with E-state index in [1.54, 1.807) is 0 Å². The molecule has 1 aromatic rings. The SMILES string of the molecule is CN(CCCO)S(=O)(=O)Nc1cc(F)c(Br)cc1F. The maximum Gasteiger partial charge on any atom is 0.301 e. The zero-order chi connectivity index (χ0) is 14.6. The molecule has 1 aromatic carbocycles. The molecule has 0 spiro atoms. The highest BCUT2D eigenvalue weighted by Gasteiger charge is 2.19. The number of halogens is 3. The number of nitrogens with zero attached hydrogens (tertiary/aromatic N) is 1. The molecule has 1 rings (SSSR count). The van der Waals surface area contributed by atoms with Gasteiger partial charge >= 0.3 is 10.2 Å². The van der Waals surface area contributed by atoms with Gasteiger partial charge in [-0.05, 0) is 28.4 Å². The molecule has 0 bridgehead atoms. The van der Waals surface area contributed by atoms with Gasteiger partial charge in [0.15, 0.2) is 0 Å². The first-order valence-electron chi connectivity index (χ1n) is 5.27. The molecule has 0 aliphatic rings. The Bertz CT molecular complexity index is 554. The lowest BCUT2D eigenvalue weighted by molar-refractivity contribution is 0.276. The fourth-order valence-corrected chi connectivity index (χ4v) is 2.51. The Morgan fingerprint density at radius 3 is 2.58 bits per heavy atom. The molecule has 108 valence electrons.